The van der Waals surface area contributed by atoms with Gasteiger partial charge in [-0.15, -0.1) is 0 Å². The first-order valence-electron chi connectivity index (χ1n) is 5.64. The second-order valence-electron chi connectivity index (χ2n) is 5.23. The van der Waals surface area contributed by atoms with E-state index in [-0.39, 0.29) is 0 Å². The summed E-state index contributed by atoms with van der Waals surface area (Å²) in [5.74, 6) is 0.756. The van der Waals surface area contributed by atoms with Crippen molar-refractivity contribution in [1.29, 1.82) is 0 Å². The molecule has 2 heteroatoms. The van der Waals surface area contributed by atoms with Crippen molar-refractivity contribution in [1.82, 2.24) is 5.32 Å². The Morgan fingerprint density at radius 3 is 3.00 bits per heavy atom. The summed E-state index contributed by atoms with van der Waals surface area (Å²) in [7, 11) is 0. The first-order chi connectivity index (χ1) is 7.19. The highest BCUT2D eigenvalue weighted by molar-refractivity contribution is 7.08. The molecule has 1 aromatic rings. The van der Waals surface area contributed by atoms with E-state index >= 15 is 0 Å². The van der Waals surface area contributed by atoms with Crippen LogP contribution in [0.2, 0.25) is 0 Å². The molecule has 1 fully saturated rings. The second-order valence-corrected chi connectivity index (χ2v) is 5.97. The minimum atomic E-state index is 0.490. The lowest BCUT2D eigenvalue weighted by molar-refractivity contribution is 0.330. The van der Waals surface area contributed by atoms with Gasteiger partial charge in [-0.1, -0.05) is 13.0 Å². The fraction of sp³-hybridized carbons (Fsp3) is 0.538. The number of rotatable bonds is 1. The molecule has 0 bridgehead atoms. The number of aryl methyl sites for hydroxylation is 1. The van der Waals surface area contributed by atoms with Crippen LogP contribution in [0.15, 0.2) is 16.8 Å². The summed E-state index contributed by atoms with van der Waals surface area (Å²) in [5, 5.41) is 8.06. The van der Waals surface area contributed by atoms with Gasteiger partial charge >= 0.3 is 0 Å². The highest BCUT2D eigenvalue weighted by Gasteiger charge is 2.42. The molecule has 2 atom stereocenters. The molecule has 0 saturated carbocycles. The number of hydrogen-bond acceptors (Lipinski definition) is 2. The zero-order chi connectivity index (χ0) is 10.5. The molecule has 15 heavy (non-hydrogen) atoms. The normalized spacial score (nSPS) is 34.3. The average Bonchev–Trinajstić information content (AvgIpc) is 2.77. The van der Waals surface area contributed by atoms with Crippen molar-refractivity contribution in [3.63, 3.8) is 0 Å². The molecule has 0 radical (unpaired) electrons. The predicted octanol–water partition coefficient (Wildman–Crippen LogP) is 3.07. The molecule has 0 amide bonds. The lowest BCUT2D eigenvalue weighted by Crippen LogP contribution is -2.21. The van der Waals surface area contributed by atoms with Gasteiger partial charge in [-0.05, 0) is 52.1 Å². The molecule has 80 valence electrons. The molecule has 2 heterocycles. The Hall–Kier alpha value is -0.600. The van der Waals surface area contributed by atoms with Crippen LogP contribution in [0.3, 0.4) is 0 Å². The van der Waals surface area contributed by atoms with Crippen LogP contribution >= 0.6 is 11.3 Å². The maximum atomic E-state index is 3.50. The van der Waals surface area contributed by atoms with Crippen molar-refractivity contribution >= 4 is 16.9 Å². The maximum Gasteiger partial charge on any atom is 0.00205 e. The van der Waals surface area contributed by atoms with Gasteiger partial charge in [0.1, 0.15) is 0 Å². The molecule has 1 aliphatic heterocycles. The molecule has 2 aliphatic rings. The summed E-state index contributed by atoms with van der Waals surface area (Å²) >= 11 is 1.82. The van der Waals surface area contributed by atoms with E-state index in [1.165, 1.54) is 30.6 Å². The molecule has 1 N–H and O–H groups in total. The van der Waals surface area contributed by atoms with E-state index in [1.807, 2.05) is 11.3 Å². The smallest absolute Gasteiger partial charge is 0.00205 e. The molecular weight excluding hydrogens is 202 g/mol. The van der Waals surface area contributed by atoms with Crippen molar-refractivity contribution in [2.24, 2.45) is 11.3 Å². The number of allylic oxidation sites excluding steroid dienone is 1. The van der Waals surface area contributed by atoms with Crippen molar-refractivity contribution in [2.75, 3.05) is 13.1 Å². The lowest BCUT2D eigenvalue weighted by Gasteiger charge is -2.22. The van der Waals surface area contributed by atoms with Crippen LogP contribution in [-0.4, -0.2) is 13.1 Å². The Labute approximate surface area is 95.2 Å². The SMILES string of the molecule is Cc1cscc1C1=CC2CNCC2(C)C1. The summed E-state index contributed by atoms with van der Waals surface area (Å²) in [6.07, 6.45) is 3.76. The number of nitrogens with one attached hydrogen (secondary N) is 1. The minimum Gasteiger partial charge on any atom is -0.316 e. The molecule has 0 spiro atoms. The molecular formula is C13H17NS. The van der Waals surface area contributed by atoms with Gasteiger partial charge in [0.15, 0.2) is 0 Å². The van der Waals surface area contributed by atoms with E-state index in [9.17, 15) is 0 Å². The summed E-state index contributed by atoms with van der Waals surface area (Å²) < 4.78 is 0. The lowest BCUT2D eigenvalue weighted by atomic mass is 9.81. The summed E-state index contributed by atoms with van der Waals surface area (Å²) in [5.41, 5.74) is 5.02. The van der Waals surface area contributed by atoms with Gasteiger partial charge in [-0.3, -0.25) is 0 Å². The Kier molecular flexibility index (Phi) is 2.05. The summed E-state index contributed by atoms with van der Waals surface area (Å²) in [4.78, 5) is 0. The van der Waals surface area contributed by atoms with Gasteiger partial charge in [0, 0.05) is 13.1 Å². The highest BCUT2D eigenvalue weighted by Crippen LogP contribution is 2.48. The molecule has 1 saturated heterocycles. The van der Waals surface area contributed by atoms with Gasteiger partial charge in [0.25, 0.3) is 0 Å². The van der Waals surface area contributed by atoms with E-state index in [0.29, 0.717) is 5.41 Å². The third-order valence-electron chi connectivity index (χ3n) is 3.99. The van der Waals surface area contributed by atoms with Crippen molar-refractivity contribution in [2.45, 2.75) is 20.3 Å². The van der Waals surface area contributed by atoms with E-state index in [2.05, 4.69) is 36.0 Å². The number of fused-ring (bicyclic) bond motifs is 1. The minimum absolute atomic E-state index is 0.490. The summed E-state index contributed by atoms with van der Waals surface area (Å²) in [6.45, 7) is 6.99. The van der Waals surface area contributed by atoms with Crippen LogP contribution in [0.5, 0.6) is 0 Å². The Balaban J connectivity index is 1.95. The molecule has 2 unspecified atom stereocenters. The maximum absolute atomic E-state index is 3.50. The number of thiophene rings is 1. The van der Waals surface area contributed by atoms with Gasteiger partial charge in [-0.25, -0.2) is 0 Å². The van der Waals surface area contributed by atoms with Crippen LogP contribution < -0.4 is 5.32 Å². The first-order valence-corrected chi connectivity index (χ1v) is 6.58. The zero-order valence-corrected chi connectivity index (χ0v) is 10.2. The Morgan fingerprint density at radius 1 is 1.47 bits per heavy atom. The molecule has 0 aromatic carbocycles. The second kappa shape index (κ2) is 3.19. The molecule has 1 aromatic heterocycles. The third-order valence-corrected chi connectivity index (χ3v) is 4.85. The van der Waals surface area contributed by atoms with E-state index in [0.717, 1.165) is 5.92 Å². The van der Waals surface area contributed by atoms with Crippen LogP contribution in [0.1, 0.15) is 24.5 Å². The van der Waals surface area contributed by atoms with Gasteiger partial charge in [-0.2, -0.15) is 11.3 Å². The largest absolute Gasteiger partial charge is 0.316 e. The van der Waals surface area contributed by atoms with E-state index in [1.54, 1.807) is 5.57 Å². The van der Waals surface area contributed by atoms with Gasteiger partial charge < -0.3 is 5.32 Å². The van der Waals surface area contributed by atoms with Gasteiger partial charge in [0.2, 0.25) is 0 Å². The molecule has 1 nitrogen and oxygen atoms in total. The van der Waals surface area contributed by atoms with Crippen molar-refractivity contribution < 1.29 is 0 Å². The fourth-order valence-electron chi connectivity index (χ4n) is 2.96. The van der Waals surface area contributed by atoms with Crippen molar-refractivity contribution in [3.8, 4) is 0 Å². The van der Waals surface area contributed by atoms with E-state index in [4.69, 9.17) is 0 Å². The van der Waals surface area contributed by atoms with Crippen LogP contribution in [-0.2, 0) is 0 Å². The third kappa shape index (κ3) is 1.39. The Morgan fingerprint density at radius 2 is 2.33 bits per heavy atom. The molecule has 1 aliphatic carbocycles. The summed E-state index contributed by atoms with van der Waals surface area (Å²) in [6, 6.07) is 0. The zero-order valence-electron chi connectivity index (χ0n) is 9.34. The fourth-order valence-corrected chi connectivity index (χ4v) is 3.83. The first kappa shape index (κ1) is 9.61. The standard InChI is InChI=1S/C13H17NS/c1-9-6-15-7-12(9)10-3-11-5-14-8-13(11,2)4-10/h3,6-7,11,14H,4-5,8H2,1-2H3. The highest BCUT2D eigenvalue weighted by atomic mass is 32.1. The van der Waals surface area contributed by atoms with E-state index < -0.39 is 0 Å². The monoisotopic (exact) mass is 219 g/mol. The number of hydrogen-bond donors (Lipinski definition) is 1. The quantitative estimate of drug-likeness (QED) is 0.765. The van der Waals surface area contributed by atoms with Crippen LogP contribution in [0.25, 0.3) is 5.57 Å². The van der Waals surface area contributed by atoms with Crippen LogP contribution in [0, 0.1) is 18.3 Å². The molecule has 3 rings (SSSR count). The van der Waals surface area contributed by atoms with Crippen molar-refractivity contribution in [3.05, 3.63) is 28.0 Å². The van der Waals surface area contributed by atoms with Gasteiger partial charge in [0.05, 0.1) is 0 Å². The Bertz CT molecular complexity index is 418. The average molecular weight is 219 g/mol. The predicted molar refractivity (Wildman–Crippen MR) is 66.1 cm³/mol. The van der Waals surface area contributed by atoms with Crippen LogP contribution in [0.4, 0.5) is 0 Å². The topological polar surface area (TPSA) is 12.0 Å².